The number of piperazine rings is 1. The molecule has 33 heavy (non-hydrogen) atoms. The van der Waals surface area contributed by atoms with Gasteiger partial charge in [0, 0.05) is 42.8 Å². The number of anilines is 1. The van der Waals surface area contributed by atoms with Crippen LogP contribution in [0.15, 0.2) is 30.6 Å². The van der Waals surface area contributed by atoms with E-state index < -0.39 is 11.7 Å². The van der Waals surface area contributed by atoms with Gasteiger partial charge in [0.1, 0.15) is 30.1 Å². The molecule has 0 amide bonds. The van der Waals surface area contributed by atoms with Gasteiger partial charge in [0.2, 0.25) is 0 Å². The standard InChI is InChI=1S/C24H29ClFN5O.ClH/c1-16-13-19(26)22-21(16)23(29-15-28-22)30-9-11-31(12-10-30)24(14-32,20-3-2-8-27-20)17-4-6-18(25)7-5-17;/h4-7,14-16,19-20,27H,2-3,8-13H2,1H3;1H/t16-,19-,20+,24+;/m1./s1. The first-order valence-electron chi connectivity index (χ1n) is 11.5. The van der Waals surface area contributed by atoms with Gasteiger partial charge >= 0.3 is 0 Å². The lowest BCUT2D eigenvalue weighted by atomic mass is 9.80. The van der Waals surface area contributed by atoms with Crippen molar-refractivity contribution >= 4 is 36.1 Å². The second kappa shape index (κ2) is 9.82. The van der Waals surface area contributed by atoms with Gasteiger partial charge in [0.05, 0.1) is 5.69 Å². The van der Waals surface area contributed by atoms with E-state index in [1.807, 2.05) is 31.2 Å². The predicted molar refractivity (Wildman–Crippen MR) is 130 cm³/mol. The van der Waals surface area contributed by atoms with E-state index in [2.05, 4.69) is 25.1 Å². The zero-order chi connectivity index (χ0) is 22.3. The van der Waals surface area contributed by atoms with Crippen molar-refractivity contribution in [3.05, 3.63) is 52.4 Å². The smallest absolute Gasteiger partial charge is 0.146 e. The highest BCUT2D eigenvalue weighted by Gasteiger charge is 2.47. The van der Waals surface area contributed by atoms with Crippen LogP contribution in [-0.4, -0.2) is 59.9 Å². The Morgan fingerprint density at radius 3 is 2.55 bits per heavy atom. The molecule has 2 aromatic rings. The summed E-state index contributed by atoms with van der Waals surface area (Å²) in [5, 5.41) is 4.23. The van der Waals surface area contributed by atoms with Gasteiger partial charge in [-0.15, -0.1) is 12.4 Å². The number of halogens is 3. The molecule has 1 aromatic carbocycles. The summed E-state index contributed by atoms with van der Waals surface area (Å²) in [6.07, 6.45) is 4.08. The second-order valence-corrected chi connectivity index (χ2v) is 9.61. The Kier molecular flexibility index (Phi) is 7.24. The molecule has 1 N–H and O–H groups in total. The van der Waals surface area contributed by atoms with E-state index in [0.717, 1.165) is 55.7 Å². The summed E-state index contributed by atoms with van der Waals surface area (Å²) in [5.41, 5.74) is 1.73. The van der Waals surface area contributed by atoms with E-state index in [4.69, 9.17) is 11.6 Å². The lowest BCUT2D eigenvalue weighted by molar-refractivity contribution is -0.121. The molecule has 2 aliphatic heterocycles. The number of rotatable bonds is 5. The topological polar surface area (TPSA) is 61.4 Å². The first-order chi connectivity index (χ1) is 15.5. The fourth-order valence-electron chi connectivity index (χ4n) is 5.81. The van der Waals surface area contributed by atoms with E-state index in [1.165, 1.54) is 6.33 Å². The van der Waals surface area contributed by atoms with Crippen LogP contribution < -0.4 is 10.2 Å². The second-order valence-electron chi connectivity index (χ2n) is 9.17. The minimum absolute atomic E-state index is 0. The van der Waals surface area contributed by atoms with Crippen LogP contribution in [0.25, 0.3) is 0 Å². The fraction of sp³-hybridized carbons (Fsp3) is 0.542. The van der Waals surface area contributed by atoms with Crippen molar-refractivity contribution in [2.24, 2.45) is 0 Å². The van der Waals surface area contributed by atoms with Crippen LogP contribution in [0.5, 0.6) is 0 Å². The number of carbonyl (C=O) groups is 1. The maximum atomic E-state index is 14.4. The van der Waals surface area contributed by atoms with E-state index in [9.17, 15) is 9.18 Å². The maximum absolute atomic E-state index is 14.4. The van der Waals surface area contributed by atoms with Gasteiger partial charge in [-0.2, -0.15) is 0 Å². The number of hydrogen-bond acceptors (Lipinski definition) is 6. The Bertz CT molecular complexity index is 979. The number of aromatic nitrogens is 2. The van der Waals surface area contributed by atoms with Gasteiger partial charge in [-0.25, -0.2) is 14.4 Å². The van der Waals surface area contributed by atoms with Crippen molar-refractivity contribution in [1.82, 2.24) is 20.2 Å². The number of nitrogens with one attached hydrogen (secondary N) is 1. The van der Waals surface area contributed by atoms with Gasteiger partial charge < -0.3 is 15.0 Å². The molecule has 0 saturated carbocycles. The van der Waals surface area contributed by atoms with Crippen molar-refractivity contribution in [2.45, 2.75) is 49.9 Å². The van der Waals surface area contributed by atoms with E-state index in [0.29, 0.717) is 30.2 Å². The van der Waals surface area contributed by atoms with Crippen molar-refractivity contribution in [2.75, 3.05) is 37.6 Å². The normalized spacial score (nSPS) is 27.0. The van der Waals surface area contributed by atoms with E-state index in [1.54, 1.807) is 0 Å². The van der Waals surface area contributed by atoms with Crippen molar-refractivity contribution in [3.63, 3.8) is 0 Å². The highest BCUT2D eigenvalue weighted by molar-refractivity contribution is 6.30. The summed E-state index contributed by atoms with van der Waals surface area (Å²) in [6.45, 7) is 5.85. The molecular formula is C24H30Cl2FN5O. The van der Waals surface area contributed by atoms with Crippen LogP contribution in [0.2, 0.25) is 5.02 Å². The SMILES string of the molecule is C[C@@H]1C[C@@H](F)c2ncnc(N3CCN([C@@](C=O)(c4ccc(Cl)cc4)[C@@H]4CCCN4)CC3)c21.Cl. The third kappa shape index (κ3) is 4.14. The molecule has 2 saturated heterocycles. The molecular weight excluding hydrogens is 464 g/mol. The van der Waals surface area contributed by atoms with Crippen molar-refractivity contribution in [3.8, 4) is 0 Å². The largest absolute Gasteiger partial charge is 0.354 e. The van der Waals surface area contributed by atoms with Crippen LogP contribution in [0.3, 0.4) is 0 Å². The van der Waals surface area contributed by atoms with Crippen molar-refractivity contribution in [1.29, 1.82) is 0 Å². The minimum Gasteiger partial charge on any atom is -0.354 e. The average molecular weight is 494 g/mol. The number of alkyl halides is 1. The van der Waals surface area contributed by atoms with Gasteiger partial charge in [-0.3, -0.25) is 4.90 Å². The number of fused-ring (bicyclic) bond motifs is 1. The van der Waals surface area contributed by atoms with Crippen LogP contribution in [0.1, 0.15) is 55.1 Å². The van der Waals surface area contributed by atoms with Gasteiger partial charge in [-0.1, -0.05) is 30.7 Å². The highest BCUT2D eigenvalue weighted by atomic mass is 35.5. The van der Waals surface area contributed by atoms with Crippen LogP contribution >= 0.6 is 24.0 Å². The molecule has 4 atom stereocenters. The van der Waals surface area contributed by atoms with E-state index >= 15 is 0 Å². The number of aldehydes is 1. The molecule has 1 aromatic heterocycles. The molecule has 5 rings (SSSR count). The molecule has 2 fully saturated rings. The molecule has 1 aliphatic carbocycles. The summed E-state index contributed by atoms with van der Waals surface area (Å²) in [7, 11) is 0. The zero-order valence-corrected chi connectivity index (χ0v) is 20.3. The first-order valence-corrected chi connectivity index (χ1v) is 11.9. The number of benzene rings is 1. The summed E-state index contributed by atoms with van der Waals surface area (Å²) in [5.74, 6) is 0.963. The lowest BCUT2D eigenvalue weighted by Gasteiger charge is -2.48. The maximum Gasteiger partial charge on any atom is 0.146 e. The lowest BCUT2D eigenvalue weighted by Crippen LogP contribution is -2.63. The summed E-state index contributed by atoms with van der Waals surface area (Å²) in [4.78, 5) is 26.1. The van der Waals surface area contributed by atoms with Crippen LogP contribution in [-0.2, 0) is 10.3 Å². The molecule has 178 valence electrons. The summed E-state index contributed by atoms with van der Waals surface area (Å²) >= 11 is 6.14. The number of carbonyl (C=O) groups excluding carboxylic acids is 1. The highest BCUT2D eigenvalue weighted by Crippen LogP contribution is 2.45. The molecule has 3 heterocycles. The third-order valence-electron chi connectivity index (χ3n) is 7.42. The minimum atomic E-state index is -1.01. The summed E-state index contributed by atoms with van der Waals surface area (Å²) < 4.78 is 14.4. The van der Waals surface area contributed by atoms with Crippen molar-refractivity contribution < 1.29 is 9.18 Å². The summed E-state index contributed by atoms with van der Waals surface area (Å²) in [6, 6.07) is 7.73. The van der Waals surface area contributed by atoms with Crippen LogP contribution in [0.4, 0.5) is 10.2 Å². The van der Waals surface area contributed by atoms with Gasteiger partial charge in [0.15, 0.2) is 0 Å². The Morgan fingerprint density at radius 1 is 1.18 bits per heavy atom. The van der Waals surface area contributed by atoms with Crippen LogP contribution in [0, 0.1) is 0 Å². The monoisotopic (exact) mass is 493 g/mol. The Labute approximate surface area is 205 Å². The molecule has 0 bridgehead atoms. The Balaban J connectivity index is 0.00000259. The Morgan fingerprint density at radius 2 is 1.91 bits per heavy atom. The number of nitrogens with zero attached hydrogens (tertiary/aromatic N) is 4. The Hall–Kier alpha value is -1.80. The molecule has 3 aliphatic rings. The van der Waals surface area contributed by atoms with Gasteiger partial charge in [-0.05, 0) is 49.4 Å². The predicted octanol–water partition coefficient (Wildman–Crippen LogP) is 4.04. The molecule has 6 nitrogen and oxygen atoms in total. The molecule has 9 heteroatoms. The van der Waals surface area contributed by atoms with E-state index in [-0.39, 0.29) is 24.4 Å². The molecule has 0 unspecified atom stereocenters. The van der Waals surface area contributed by atoms with Gasteiger partial charge in [0.25, 0.3) is 0 Å². The average Bonchev–Trinajstić information content (AvgIpc) is 3.45. The number of hydrogen-bond donors (Lipinski definition) is 1. The zero-order valence-electron chi connectivity index (χ0n) is 18.7. The molecule has 0 radical (unpaired) electrons. The quantitative estimate of drug-likeness (QED) is 0.634. The third-order valence-corrected chi connectivity index (χ3v) is 7.68. The first kappa shape index (κ1) is 24.3. The fourth-order valence-corrected chi connectivity index (χ4v) is 5.93. The molecule has 0 spiro atoms.